The summed E-state index contributed by atoms with van der Waals surface area (Å²) in [5.74, 6) is -1.04. The van der Waals surface area contributed by atoms with Crippen molar-refractivity contribution in [2.75, 3.05) is 37.9 Å². The summed E-state index contributed by atoms with van der Waals surface area (Å²) in [7, 11) is 3.08. The maximum absolute atomic E-state index is 13.1. The first-order chi connectivity index (χ1) is 13.3. The second-order valence-corrected chi connectivity index (χ2v) is 5.92. The standard InChI is InChI=1S/C18H19FN4O5/c1-22(10-17(24)20-13-4-6-14(28-2)7-5-13)11-18(25)21-15-8-3-12(19)9-16(15)23(26)27/h3-9H,10-11H2,1-2H3,(H,20,24)(H,21,25). The van der Waals surface area contributed by atoms with Crippen LogP contribution in [0.3, 0.4) is 0 Å². The predicted octanol–water partition coefficient (Wildman–Crippen LogP) is 2.25. The number of carbonyl (C=O) groups is 2. The molecule has 0 aliphatic rings. The Hall–Kier alpha value is -3.53. The average molecular weight is 390 g/mol. The summed E-state index contributed by atoms with van der Waals surface area (Å²) in [4.78, 5) is 35.7. The third-order valence-corrected chi connectivity index (χ3v) is 3.63. The fraction of sp³-hybridized carbons (Fsp3) is 0.222. The molecule has 0 aliphatic heterocycles. The van der Waals surface area contributed by atoms with Crippen LogP contribution < -0.4 is 15.4 Å². The number of halogens is 1. The van der Waals surface area contributed by atoms with Crippen molar-refractivity contribution in [1.29, 1.82) is 0 Å². The van der Waals surface area contributed by atoms with Crippen LogP contribution >= 0.6 is 0 Å². The number of anilines is 2. The predicted molar refractivity (Wildman–Crippen MR) is 101 cm³/mol. The quantitative estimate of drug-likeness (QED) is 0.528. The van der Waals surface area contributed by atoms with Gasteiger partial charge in [0.2, 0.25) is 11.8 Å². The van der Waals surface area contributed by atoms with E-state index >= 15 is 0 Å². The van der Waals surface area contributed by atoms with E-state index < -0.39 is 22.3 Å². The lowest BCUT2D eigenvalue weighted by atomic mass is 10.2. The number of benzene rings is 2. The van der Waals surface area contributed by atoms with Crippen LogP contribution in [0, 0.1) is 15.9 Å². The SMILES string of the molecule is COc1ccc(NC(=O)CN(C)CC(=O)Nc2ccc(F)cc2[N+](=O)[O-])cc1. The Balaban J connectivity index is 1.88. The van der Waals surface area contributed by atoms with E-state index in [1.165, 1.54) is 12.0 Å². The molecule has 0 spiro atoms. The molecule has 0 aliphatic carbocycles. The summed E-state index contributed by atoms with van der Waals surface area (Å²) in [5.41, 5.74) is -0.0914. The molecule has 0 saturated carbocycles. The number of rotatable bonds is 8. The lowest BCUT2D eigenvalue weighted by Crippen LogP contribution is -2.36. The summed E-state index contributed by atoms with van der Waals surface area (Å²) in [6.07, 6.45) is 0. The van der Waals surface area contributed by atoms with Crippen molar-refractivity contribution < 1.29 is 23.6 Å². The normalized spacial score (nSPS) is 10.4. The van der Waals surface area contributed by atoms with Gasteiger partial charge in [0.05, 0.1) is 31.2 Å². The van der Waals surface area contributed by atoms with Crippen LogP contribution in [-0.4, -0.2) is 48.9 Å². The fourth-order valence-corrected chi connectivity index (χ4v) is 2.37. The summed E-state index contributed by atoms with van der Waals surface area (Å²) in [6.45, 7) is -0.268. The van der Waals surface area contributed by atoms with E-state index in [0.717, 1.165) is 18.2 Å². The van der Waals surface area contributed by atoms with Crippen LogP contribution in [0.4, 0.5) is 21.5 Å². The molecular formula is C18H19FN4O5. The van der Waals surface area contributed by atoms with Crippen LogP contribution in [0.25, 0.3) is 0 Å². The van der Waals surface area contributed by atoms with Gasteiger partial charge >= 0.3 is 0 Å². The van der Waals surface area contributed by atoms with Gasteiger partial charge in [-0.3, -0.25) is 24.6 Å². The molecule has 0 saturated heterocycles. The molecule has 0 bridgehead atoms. The van der Waals surface area contributed by atoms with Crippen molar-refractivity contribution in [1.82, 2.24) is 4.90 Å². The number of amides is 2. The zero-order chi connectivity index (χ0) is 20.7. The van der Waals surface area contributed by atoms with Crippen molar-refractivity contribution in [2.24, 2.45) is 0 Å². The topological polar surface area (TPSA) is 114 Å². The number of nitro benzene ring substituents is 1. The second-order valence-electron chi connectivity index (χ2n) is 5.92. The van der Waals surface area contributed by atoms with E-state index in [9.17, 15) is 24.1 Å². The summed E-state index contributed by atoms with van der Waals surface area (Å²) in [5, 5.41) is 16.0. The van der Waals surface area contributed by atoms with E-state index in [1.54, 1.807) is 31.3 Å². The Morgan fingerprint density at radius 2 is 1.71 bits per heavy atom. The van der Waals surface area contributed by atoms with Crippen molar-refractivity contribution in [3.8, 4) is 5.75 Å². The molecule has 0 atom stereocenters. The summed E-state index contributed by atoms with van der Waals surface area (Å²) < 4.78 is 18.2. The molecule has 2 amide bonds. The van der Waals surface area contributed by atoms with Crippen LogP contribution in [0.15, 0.2) is 42.5 Å². The van der Waals surface area contributed by atoms with Gasteiger partial charge in [0.25, 0.3) is 5.69 Å². The smallest absolute Gasteiger partial charge is 0.295 e. The number of ether oxygens (including phenoxy) is 1. The summed E-state index contributed by atoms with van der Waals surface area (Å²) in [6, 6.07) is 9.59. The van der Waals surface area contributed by atoms with Gasteiger partial charge in [-0.15, -0.1) is 0 Å². The van der Waals surface area contributed by atoms with E-state index in [1.807, 2.05) is 0 Å². The maximum atomic E-state index is 13.1. The van der Waals surface area contributed by atoms with Crippen LogP contribution in [0.5, 0.6) is 5.75 Å². The first kappa shape index (κ1) is 20.8. The average Bonchev–Trinajstić information content (AvgIpc) is 2.63. The Labute approximate surface area is 160 Å². The fourth-order valence-electron chi connectivity index (χ4n) is 2.37. The molecule has 28 heavy (non-hydrogen) atoms. The van der Waals surface area contributed by atoms with Crippen molar-refractivity contribution in [2.45, 2.75) is 0 Å². The number of nitrogens with one attached hydrogen (secondary N) is 2. The number of methoxy groups -OCH3 is 1. The molecule has 0 radical (unpaired) electrons. The Bertz CT molecular complexity index is 873. The first-order valence-corrected chi connectivity index (χ1v) is 8.14. The van der Waals surface area contributed by atoms with Gasteiger partial charge in [-0.25, -0.2) is 4.39 Å². The van der Waals surface area contributed by atoms with Crippen LogP contribution in [-0.2, 0) is 9.59 Å². The highest BCUT2D eigenvalue weighted by molar-refractivity contribution is 5.95. The van der Waals surface area contributed by atoms with E-state index in [2.05, 4.69) is 10.6 Å². The molecule has 0 aromatic heterocycles. The number of hydrogen-bond acceptors (Lipinski definition) is 6. The molecule has 148 valence electrons. The number of nitro groups is 1. The minimum absolute atomic E-state index is 0.0784. The molecule has 2 N–H and O–H groups in total. The number of nitrogens with zero attached hydrogens (tertiary/aromatic N) is 2. The van der Waals surface area contributed by atoms with Gasteiger partial charge in [0.1, 0.15) is 17.3 Å². The Kier molecular flexibility index (Phi) is 6.99. The molecule has 2 aromatic carbocycles. The largest absolute Gasteiger partial charge is 0.497 e. The van der Waals surface area contributed by atoms with E-state index in [4.69, 9.17) is 4.74 Å². The van der Waals surface area contributed by atoms with Gasteiger partial charge in [-0.2, -0.15) is 0 Å². The van der Waals surface area contributed by atoms with Crippen molar-refractivity contribution in [3.63, 3.8) is 0 Å². The van der Waals surface area contributed by atoms with Crippen molar-refractivity contribution >= 4 is 28.9 Å². The summed E-state index contributed by atoms with van der Waals surface area (Å²) >= 11 is 0. The Morgan fingerprint density at radius 3 is 2.29 bits per heavy atom. The lowest BCUT2D eigenvalue weighted by molar-refractivity contribution is -0.384. The van der Waals surface area contributed by atoms with Crippen molar-refractivity contribution in [3.05, 3.63) is 58.4 Å². The second kappa shape index (κ2) is 9.42. The minimum atomic E-state index is -0.787. The highest BCUT2D eigenvalue weighted by atomic mass is 19.1. The maximum Gasteiger partial charge on any atom is 0.295 e. The van der Waals surface area contributed by atoms with Crippen LogP contribution in [0.1, 0.15) is 0 Å². The minimum Gasteiger partial charge on any atom is -0.497 e. The van der Waals surface area contributed by atoms with E-state index in [0.29, 0.717) is 11.4 Å². The molecule has 0 fully saturated rings. The molecule has 9 nitrogen and oxygen atoms in total. The monoisotopic (exact) mass is 390 g/mol. The third-order valence-electron chi connectivity index (χ3n) is 3.63. The first-order valence-electron chi connectivity index (χ1n) is 8.14. The van der Waals surface area contributed by atoms with Gasteiger partial charge in [-0.1, -0.05) is 0 Å². The zero-order valence-corrected chi connectivity index (χ0v) is 15.3. The molecule has 0 unspecified atom stereocenters. The molecule has 10 heteroatoms. The molecule has 2 rings (SSSR count). The number of carbonyl (C=O) groups excluding carboxylic acids is 2. The van der Waals surface area contributed by atoms with Gasteiger partial charge in [-0.05, 0) is 43.4 Å². The lowest BCUT2D eigenvalue weighted by Gasteiger charge is -2.16. The van der Waals surface area contributed by atoms with Gasteiger partial charge in [0.15, 0.2) is 0 Å². The molecular weight excluding hydrogens is 371 g/mol. The van der Waals surface area contributed by atoms with Gasteiger partial charge in [0, 0.05) is 5.69 Å². The number of likely N-dealkylation sites (N-methyl/N-ethyl adjacent to an activating group) is 1. The zero-order valence-electron chi connectivity index (χ0n) is 15.3. The highest BCUT2D eigenvalue weighted by Crippen LogP contribution is 2.24. The van der Waals surface area contributed by atoms with Crippen LogP contribution in [0.2, 0.25) is 0 Å². The van der Waals surface area contributed by atoms with Gasteiger partial charge < -0.3 is 15.4 Å². The van der Waals surface area contributed by atoms with E-state index in [-0.39, 0.29) is 24.7 Å². The highest BCUT2D eigenvalue weighted by Gasteiger charge is 2.18. The molecule has 0 heterocycles. The Morgan fingerprint density at radius 1 is 1.11 bits per heavy atom. The third kappa shape index (κ3) is 6.02. The molecule has 2 aromatic rings. The number of hydrogen-bond donors (Lipinski definition) is 2.